The Bertz CT molecular complexity index is 525. The first-order chi connectivity index (χ1) is 11.0. The number of carbonyl (C=O) groups is 1. The molecule has 0 bridgehead atoms. The topological polar surface area (TPSA) is 67.6 Å². The second-order valence-electron chi connectivity index (χ2n) is 6.57. The number of likely N-dealkylation sites (tertiary alicyclic amines) is 1. The van der Waals surface area contributed by atoms with Gasteiger partial charge in [-0.1, -0.05) is 26.0 Å². The van der Waals surface area contributed by atoms with Gasteiger partial charge in [0.1, 0.15) is 0 Å². The van der Waals surface area contributed by atoms with Crippen LogP contribution < -0.4 is 11.1 Å². The Morgan fingerprint density at radius 3 is 2.83 bits per heavy atom. The van der Waals surface area contributed by atoms with Crippen LogP contribution in [0.15, 0.2) is 24.3 Å². The lowest BCUT2D eigenvalue weighted by Crippen LogP contribution is -2.50. The highest BCUT2D eigenvalue weighted by molar-refractivity contribution is 5.92. The Balaban J connectivity index is 0.00000288. The molecule has 0 spiro atoms. The Morgan fingerprint density at radius 2 is 2.21 bits per heavy atom. The molecule has 0 aliphatic carbocycles. The second kappa shape index (κ2) is 9.99. The van der Waals surface area contributed by atoms with Gasteiger partial charge in [0.2, 0.25) is 5.91 Å². The minimum Gasteiger partial charge on any atom is -0.381 e. The van der Waals surface area contributed by atoms with Crippen LogP contribution in [0.2, 0.25) is 0 Å². The molecule has 1 aromatic carbocycles. The van der Waals surface area contributed by atoms with E-state index >= 15 is 0 Å². The lowest BCUT2D eigenvalue weighted by atomic mass is 9.99. The van der Waals surface area contributed by atoms with E-state index in [4.69, 9.17) is 10.5 Å². The number of hydrogen-bond acceptors (Lipinski definition) is 4. The van der Waals surface area contributed by atoms with Gasteiger partial charge in [0, 0.05) is 31.9 Å². The van der Waals surface area contributed by atoms with Crippen LogP contribution in [0.4, 0.5) is 5.69 Å². The number of methoxy groups -OCH3 is 1. The number of rotatable bonds is 6. The third-order valence-corrected chi connectivity index (χ3v) is 4.58. The second-order valence-corrected chi connectivity index (χ2v) is 6.57. The Hall–Kier alpha value is -1.14. The fourth-order valence-corrected chi connectivity index (χ4v) is 3.09. The average Bonchev–Trinajstić information content (AvgIpc) is 2.55. The summed E-state index contributed by atoms with van der Waals surface area (Å²) in [6, 6.07) is 8.25. The predicted octanol–water partition coefficient (Wildman–Crippen LogP) is 2.61. The predicted molar refractivity (Wildman–Crippen MR) is 101 cm³/mol. The molecule has 2 atom stereocenters. The van der Waals surface area contributed by atoms with E-state index in [0.717, 1.165) is 25.1 Å². The first-order valence-corrected chi connectivity index (χ1v) is 8.40. The summed E-state index contributed by atoms with van der Waals surface area (Å²) in [5, 5.41) is 3.00. The fourth-order valence-electron chi connectivity index (χ4n) is 3.09. The van der Waals surface area contributed by atoms with Gasteiger partial charge in [0.25, 0.3) is 0 Å². The van der Waals surface area contributed by atoms with Crippen molar-refractivity contribution in [3.8, 4) is 0 Å². The molecule has 3 N–H and O–H groups in total. The molecule has 1 fully saturated rings. The maximum Gasteiger partial charge on any atom is 0.238 e. The maximum absolute atomic E-state index is 12.3. The largest absolute Gasteiger partial charge is 0.381 e. The van der Waals surface area contributed by atoms with Gasteiger partial charge in [-0.05, 0) is 36.5 Å². The molecular weight excluding hydrogens is 326 g/mol. The van der Waals surface area contributed by atoms with Gasteiger partial charge >= 0.3 is 0 Å². The Labute approximate surface area is 151 Å². The number of nitrogens with two attached hydrogens (primary N) is 1. The average molecular weight is 356 g/mol. The molecule has 1 saturated heterocycles. The van der Waals surface area contributed by atoms with E-state index in [0.29, 0.717) is 19.0 Å². The molecule has 0 radical (unpaired) electrons. The highest BCUT2D eigenvalue weighted by Crippen LogP contribution is 2.20. The smallest absolute Gasteiger partial charge is 0.238 e. The summed E-state index contributed by atoms with van der Waals surface area (Å²) in [7, 11) is 1.74. The van der Waals surface area contributed by atoms with E-state index in [1.807, 2.05) is 18.2 Å². The first kappa shape index (κ1) is 20.9. The number of piperidine rings is 1. The summed E-state index contributed by atoms with van der Waals surface area (Å²) in [5.41, 5.74) is 7.95. The molecule has 1 aromatic rings. The number of anilines is 1. The molecule has 1 aliphatic rings. The molecule has 1 aliphatic heterocycles. The van der Waals surface area contributed by atoms with Crippen molar-refractivity contribution in [1.82, 2.24) is 4.90 Å². The number of nitrogens with one attached hydrogen (secondary N) is 1. The van der Waals surface area contributed by atoms with Crippen molar-refractivity contribution in [3.05, 3.63) is 29.8 Å². The van der Waals surface area contributed by atoms with Crippen molar-refractivity contribution in [2.75, 3.05) is 32.1 Å². The number of halogens is 1. The molecule has 6 heteroatoms. The van der Waals surface area contributed by atoms with Crippen molar-refractivity contribution in [3.63, 3.8) is 0 Å². The Morgan fingerprint density at radius 1 is 1.46 bits per heavy atom. The van der Waals surface area contributed by atoms with Gasteiger partial charge in [0.15, 0.2) is 0 Å². The zero-order valence-corrected chi connectivity index (χ0v) is 15.6. The van der Waals surface area contributed by atoms with Crippen LogP contribution in [0.1, 0.15) is 38.2 Å². The molecule has 24 heavy (non-hydrogen) atoms. The Kier molecular flexibility index (Phi) is 8.70. The minimum absolute atomic E-state index is 0. The van der Waals surface area contributed by atoms with Gasteiger partial charge in [-0.15, -0.1) is 12.4 Å². The minimum atomic E-state index is 0. The standard InChI is InChI=1S/C18H29N3O2.ClH/c1-13(2)14-5-4-6-15(9-14)20-18(22)12-21-8-7-17(23-3)10-16(21)11-19;/h4-6,9,13,16-17H,7-8,10-12,19H2,1-3H3,(H,20,22);1H. The SMILES string of the molecule is COC1CCN(CC(=O)Nc2cccc(C(C)C)c2)C(CN)C1.Cl. The number of carbonyl (C=O) groups excluding carboxylic acids is 1. The quantitative estimate of drug-likeness (QED) is 0.823. The molecule has 2 unspecified atom stereocenters. The van der Waals surface area contributed by atoms with Crippen molar-refractivity contribution >= 4 is 24.0 Å². The van der Waals surface area contributed by atoms with E-state index in [9.17, 15) is 4.79 Å². The van der Waals surface area contributed by atoms with E-state index in [-0.39, 0.29) is 30.5 Å². The van der Waals surface area contributed by atoms with E-state index in [2.05, 4.69) is 30.1 Å². The van der Waals surface area contributed by atoms with Crippen molar-refractivity contribution < 1.29 is 9.53 Å². The van der Waals surface area contributed by atoms with Gasteiger partial charge in [-0.2, -0.15) is 0 Å². The summed E-state index contributed by atoms with van der Waals surface area (Å²) in [6.45, 7) is 6.07. The summed E-state index contributed by atoms with van der Waals surface area (Å²) in [5.74, 6) is 0.460. The van der Waals surface area contributed by atoms with Gasteiger partial charge < -0.3 is 15.8 Å². The van der Waals surface area contributed by atoms with Crippen LogP contribution in [0, 0.1) is 0 Å². The van der Waals surface area contributed by atoms with Crippen LogP contribution in [-0.4, -0.2) is 49.7 Å². The van der Waals surface area contributed by atoms with E-state index in [1.54, 1.807) is 7.11 Å². The summed E-state index contributed by atoms with van der Waals surface area (Å²) in [6.07, 6.45) is 2.09. The highest BCUT2D eigenvalue weighted by Gasteiger charge is 2.28. The molecular formula is C18H30ClN3O2. The maximum atomic E-state index is 12.3. The monoisotopic (exact) mass is 355 g/mol. The molecule has 0 saturated carbocycles. The van der Waals surface area contributed by atoms with E-state index < -0.39 is 0 Å². The summed E-state index contributed by atoms with van der Waals surface area (Å²) in [4.78, 5) is 14.5. The van der Waals surface area contributed by atoms with Crippen LogP contribution in [0.5, 0.6) is 0 Å². The number of hydrogen-bond donors (Lipinski definition) is 2. The van der Waals surface area contributed by atoms with Crippen LogP contribution in [-0.2, 0) is 9.53 Å². The number of ether oxygens (including phenoxy) is 1. The summed E-state index contributed by atoms with van der Waals surface area (Å²) < 4.78 is 5.42. The van der Waals surface area contributed by atoms with Crippen LogP contribution >= 0.6 is 12.4 Å². The molecule has 136 valence electrons. The highest BCUT2D eigenvalue weighted by atomic mass is 35.5. The number of nitrogens with zero attached hydrogens (tertiary/aromatic N) is 1. The third kappa shape index (κ3) is 5.74. The first-order valence-electron chi connectivity index (χ1n) is 8.40. The normalized spacial score (nSPS) is 21.4. The molecule has 1 heterocycles. The lowest BCUT2D eigenvalue weighted by Gasteiger charge is -2.37. The van der Waals surface area contributed by atoms with E-state index in [1.165, 1.54) is 5.56 Å². The van der Waals surface area contributed by atoms with Crippen molar-refractivity contribution in [2.24, 2.45) is 5.73 Å². The van der Waals surface area contributed by atoms with Crippen molar-refractivity contribution in [2.45, 2.75) is 44.8 Å². The van der Waals surface area contributed by atoms with Gasteiger partial charge in [0.05, 0.1) is 12.6 Å². The molecule has 5 nitrogen and oxygen atoms in total. The zero-order chi connectivity index (χ0) is 16.8. The number of amides is 1. The van der Waals surface area contributed by atoms with Crippen molar-refractivity contribution in [1.29, 1.82) is 0 Å². The van der Waals surface area contributed by atoms with Gasteiger partial charge in [-0.3, -0.25) is 9.69 Å². The molecule has 2 rings (SSSR count). The summed E-state index contributed by atoms with van der Waals surface area (Å²) >= 11 is 0. The molecule has 1 amide bonds. The molecule has 0 aromatic heterocycles. The zero-order valence-electron chi connectivity index (χ0n) is 14.8. The van der Waals surface area contributed by atoms with Crippen LogP contribution in [0.25, 0.3) is 0 Å². The fraction of sp³-hybridized carbons (Fsp3) is 0.611. The van der Waals surface area contributed by atoms with Crippen LogP contribution in [0.3, 0.4) is 0 Å². The van der Waals surface area contributed by atoms with Gasteiger partial charge in [-0.25, -0.2) is 0 Å². The lowest BCUT2D eigenvalue weighted by molar-refractivity contribution is -0.118. The third-order valence-electron chi connectivity index (χ3n) is 4.58. The number of benzene rings is 1.